The molecule has 1 atom stereocenters. The van der Waals surface area contributed by atoms with E-state index in [1.165, 1.54) is 0 Å². The average Bonchev–Trinajstić information content (AvgIpc) is 3.12. The summed E-state index contributed by atoms with van der Waals surface area (Å²) in [5.41, 5.74) is 3.21. The van der Waals surface area contributed by atoms with Gasteiger partial charge in [-0.15, -0.1) is 0 Å². The lowest BCUT2D eigenvalue weighted by Crippen LogP contribution is -2.40. The molecule has 0 spiro atoms. The first-order valence-electron chi connectivity index (χ1n) is 9.83. The summed E-state index contributed by atoms with van der Waals surface area (Å²) in [6, 6.07) is 4.07. The number of carbonyl (C=O) groups excluding carboxylic acids is 2. The summed E-state index contributed by atoms with van der Waals surface area (Å²) in [7, 11) is 3.51. The van der Waals surface area contributed by atoms with Crippen molar-refractivity contribution in [1.82, 2.24) is 9.80 Å². The molecule has 0 radical (unpaired) electrons. The topological polar surface area (TPSA) is 71.1 Å². The number of carbonyl (C=O) groups is 2. The molecule has 0 bridgehead atoms. The van der Waals surface area contributed by atoms with E-state index in [4.69, 9.17) is 9.47 Å². The van der Waals surface area contributed by atoms with Crippen molar-refractivity contribution >= 4 is 17.7 Å². The highest BCUT2D eigenvalue weighted by Crippen LogP contribution is 2.31. The van der Waals surface area contributed by atoms with Crippen LogP contribution in [0.1, 0.15) is 48.7 Å². The van der Waals surface area contributed by atoms with Crippen LogP contribution in [0.25, 0.3) is 0 Å². The maximum atomic E-state index is 12.5. The van der Waals surface area contributed by atoms with Crippen LogP contribution in [0.5, 0.6) is 0 Å². The van der Waals surface area contributed by atoms with Gasteiger partial charge < -0.3 is 24.6 Å². The van der Waals surface area contributed by atoms with E-state index in [1.807, 2.05) is 32.9 Å². The number of fused-ring (bicyclic) bond motifs is 1. The maximum Gasteiger partial charge on any atom is 0.410 e. The SMILES string of the molecule is CN(C)C(=O)c1cc2c(c(N[C@@H]3CCOC3)c1)CN(C(=O)OC(C)(C)C)CC2. The number of anilines is 1. The molecule has 7 nitrogen and oxygen atoms in total. The van der Waals surface area contributed by atoms with E-state index in [2.05, 4.69) is 5.32 Å². The number of nitrogens with one attached hydrogen (secondary N) is 1. The number of rotatable bonds is 3. The third-order valence-electron chi connectivity index (χ3n) is 4.94. The lowest BCUT2D eigenvalue weighted by molar-refractivity contribution is 0.0224. The van der Waals surface area contributed by atoms with Gasteiger partial charge in [0.1, 0.15) is 5.60 Å². The normalized spacial score (nSPS) is 19.2. The summed E-state index contributed by atoms with van der Waals surface area (Å²) in [6.07, 6.45) is 1.32. The van der Waals surface area contributed by atoms with Crippen LogP contribution in [-0.4, -0.2) is 67.3 Å². The van der Waals surface area contributed by atoms with Gasteiger partial charge >= 0.3 is 6.09 Å². The van der Waals surface area contributed by atoms with Crippen molar-refractivity contribution < 1.29 is 19.1 Å². The Labute approximate surface area is 167 Å². The van der Waals surface area contributed by atoms with Crippen molar-refractivity contribution in [3.05, 3.63) is 28.8 Å². The smallest absolute Gasteiger partial charge is 0.410 e. The van der Waals surface area contributed by atoms with Crippen molar-refractivity contribution in [3.63, 3.8) is 0 Å². The van der Waals surface area contributed by atoms with Crippen molar-refractivity contribution in [2.75, 3.05) is 39.2 Å². The van der Waals surface area contributed by atoms with E-state index in [-0.39, 0.29) is 18.0 Å². The van der Waals surface area contributed by atoms with Crippen LogP contribution >= 0.6 is 0 Å². The zero-order chi connectivity index (χ0) is 20.5. The molecule has 1 aromatic carbocycles. The van der Waals surface area contributed by atoms with E-state index >= 15 is 0 Å². The second kappa shape index (κ2) is 7.99. The van der Waals surface area contributed by atoms with Crippen molar-refractivity contribution in [3.8, 4) is 0 Å². The first-order valence-corrected chi connectivity index (χ1v) is 9.83. The minimum Gasteiger partial charge on any atom is -0.444 e. The Morgan fingerprint density at radius 1 is 1.29 bits per heavy atom. The zero-order valence-corrected chi connectivity index (χ0v) is 17.5. The molecule has 0 aliphatic carbocycles. The van der Waals surface area contributed by atoms with Gasteiger partial charge in [-0.1, -0.05) is 0 Å². The second-order valence-electron chi connectivity index (χ2n) is 8.72. The average molecular weight is 389 g/mol. The van der Waals surface area contributed by atoms with Crippen LogP contribution in [0, 0.1) is 0 Å². The molecule has 2 aliphatic rings. The third-order valence-corrected chi connectivity index (χ3v) is 4.94. The quantitative estimate of drug-likeness (QED) is 0.861. The van der Waals surface area contributed by atoms with Crippen LogP contribution in [0.15, 0.2) is 12.1 Å². The van der Waals surface area contributed by atoms with Gasteiger partial charge in [-0.3, -0.25) is 4.79 Å². The molecular weight excluding hydrogens is 358 g/mol. The largest absolute Gasteiger partial charge is 0.444 e. The lowest BCUT2D eigenvalue weighted by Gasteiger charge is -2.33. The van der Waals surface area contributed by atoms with Crippen molar-refractivity contribution in [1.29, 1.82) is 0 Å². The number of hydrogen-bond donors (Lipinski definition) is 1. The Hall–Kier alpha value is -2.28. The predicted molar refractivity (Wildman–Crippen MR) is 108 cm³/mol. The minimum absolute atomic E-state index is 0.0249. The van der Waals surface area contributed by atoms with Gasteiger partial charge in [0.25, 0.3) is 5.91 Å². The molecule has 2 heterocycles. The first kappa shape index (κ1) is 20.5. The molecule has 0 unspecified atom stereocenters. The number of hydrogen-bond acceptors (Lipinski definition) is 5. The fraction of sp³-hybridized carbons (Fsp3) is 0.619. The molecule has 2 amide bonds. The maximum absolute atomic E-state index is 12.5. The Morgan fingerprint density at radius 2 is 2.04 bits per heavy atom. The summed E-state index contributed by atoms with van der Waals surface area (Å²) < 4.78 is 11.0. The summed E-state index contributed by atoms with van der Waals surface area (Å²) in [4.78, 5) is 28.4. The standard InChI is InChI=1S/C21H31N3O4/c1-21(2,3)28-20(26)24-8-6-14-10-15(19(25)23(4)5)11-18(17(14)12-24)22-16-7-9-27-13-16/h10-11,16,22H,6-9,12-13H2,1-5H3/t16-/m1/s1. The molecule has 3 rings (SSSR count). The van der Waals surface area contributed by atoms with E-state index in [0.717, 1.165) is 29.8 Å². The van der Waals surface area contributed by atoms with Gasteiger partial charge in [0.15, 0.2) is 0 Å². The Kier molecular flexibility index (Phi) is 5.84. The molecule has 154 valence electrons. The van der Waals surface area contributed by atoms with Crippen molar-refractivity contribution in [2.45, 2.75) is 51.8 Å². The van der Waals surface area contributed by atoms with E-state index in [9.17, 15) is 9.59 Å². The fourth-order valence-electron chi connectivity index (χ4n) is 3.53. The molecule has 1 fully saturated rings. The Balaban J connectivity index is 1.89. The number of nitrogens with zero attached hydrogens (tertiary/aromatic N) is 2. The number of benzene rings is 1. The summed E-state index contributed by atoms with van der Waals surface area (Å²) in [6.45, 7) is 8.04. The summed E-state index contributed by atoms with van der Waals surface area (Å²) in [5.74, 6) is -0.0249. The number of ether oxygens (including phenoxy) is 2. The molecule has 28 heavy (non-hydrogen) atoms. The minimum atomic E-state index is -0.526. The Bertz CT molecular complexity index is 749. The highest BCUT2D eigenvalue weighted by Gasteiger charge is 2.29. The molecule has 7 heteroatoms. The molecule has 0 saturated carbocycles. The van der Waals surface area contributed by atoms with Crippen LogP contribution in [0.4, 0.5) is 10.5 Å². The van der Waals surface area contributed by atoms with Gasteiger partial charge in [-0.25, -0.2) is 4.79 Å². The van der Waals surface area contributed by atoms with Gasteiger partial charge in [-0.05, 0) is 56.9 Å². The predicted octanol–water partition coefficient (Wildman–Crippen LogP) is 2.88. The van der Waals surface area contributed by atoms with Gasteiger partial charge in [0.05, 0.1) is 19.2 Å². The Morgan fingerprint density at radius 3 is 2.64 bits per heavy atom. The molecule has 2 aliphatic heterocycles. The van der Waals surface area contributed by atoms with Crippen LogP contribution in [0.3, 0.4) is 0 Å². The van der Waals surface area contributed by atoms with Crippen LogP contribution in [0.2, 0.25) is 0 Å². The van der Waals surface area contributed by atoms with Crippen molar-refractivity contribution in [2.24, 2.45) is 0 Å². The van der Waals surface area contributed by atoms with E-state index in [1.54, 1.807) is 23.9 Å². The third kappa shape index (κ3) is 4.76. The summed E-state index contributed by atoms with van der Waals surface area (Å²) >= 11 is 0. The molecule has 1 saturated heterocycles. The first-order chi connectivity index (χ1) is 13.1. The van der Waals surface area contributed by atoms with Crippen LogP contribution < -0.4 is 5.32 Å². The van der Waals surface area contributed by atoms with E-state index < -0.39 is 5.60 Å². The molecule has 1 aromatic rings. The van der Waals surface area contributed by atoms with Gasteiger partial charge in [0.2, 0.25) is 0 Å². The van der Waals surface area contributed by atoms with Crippen LogP contribution in [-0.2, 0) is 22.4 Å². The number of amides is 2. The highest BCUT2D eigenvalue weighted by molar-refractivity contribution is 5.95. The van der Waals surface area contributed by atoms with E-state index in [0.29, 0.717) is 31.7 Å². The van der Waals surface area contributed by atoms with Gasteiger partial charge in [-0.2, -0.15) is 0 Å². The second-order valence-corrected chi connectivity index (χ2v) is 8.72. The molecule has 1 N–H and O–H groups in total. The fourth-order valence-corrected chi connectivity index (χ4v) is 3.53. The lowest BCUT2D eigenvalue weighted by atomic mass is 9.94. The van der Waals surface area contributed by atoms with Gasteiger partial charge in [0, 0.05) is 38.5 Å². The zero-order valence-electron chi connectivity index (χ0n) is 17.5. The molecular formula is C21H31N3O4. The highest BCUT2D eigenvalue weighted by atomic mass is 16.6. The molecule has 0 aromatic heterocycles. The summed E-state index contributed by atoms with van der Waals surface area (Å²) in [5, 5.41) is 3.54. The monoisotopic (exact) mass is 389 g/mol.